The molecule has 4 aliphatic carbocycles. The smallest absolute Gasteiger partial charge is 0.297 e. The van der Waals surface area contributed by atoms with Crippen molar-refractivity contribution in [3.8, 4) is 11.1 Å². The minimum Gasteiger partial charge on any atom is -0.468 e. The number of hydrogen-bond donors (Lipinski definition) is 0. The second-order valence-electron chi connectivity index (χ2n) is 28.9. The number of hydrogen-bond acceptors (Lipinski definition) is 3. The minimum atomic E-state index is -0.108. The Kier molecular flexibility index (Phi) is 9.94. The first-order chi connectivity index (χ1) is 33.5. The van der Waals surface area contributed by atoms with Crippen LogP contribution < -0.4 is 26.4 Å². The first-order valence-corrected chi connectivity index (χ1v) is 27.7. The van der Waals surface area contributed by atoms with Crippen molar-refractivity contribution in [2.75, 3.05) is 9.80 Å². The van der Waals surface area contributed by atoms with Crippen LogP contribution in [0.2, 0.25) is 0 Å². The summed E-state index contributed by atoms with van der Waals surface area (Å²) in [5.74, 6) is 1.06. The summed E-state index contributed by atoms with van der Waals surface area (Å²) in [6, 6.07) is 36.5. The molecule has 4 heteroatoms. The van der Waals surface area contributed by atoms with E-state index in [1.807, 2.05) is 0 Å². The van der Waals surface area contributed by atoms with E-state index >= 15 is 0 Å². The Morgan fingerprint density at radius 3 is 1.76 bits per heavy atom. The van der Waals surface area contributed by atoms with E-state index in [0.717, 1.165) is 24.3 Å². The van der Waals surface area contributed by atoms with Gasteiger partial charge in [-0.3, -0.25) is 0 Å². The molecule has 2 aliphatic heterocycles. The Balaban J connectivity index is 1.21. The number of nitrogens with zero attached hydrogens (tertiary/aromatic N) is 2. The summed E-state index contributed by atoms with van der Waals surface area (Å²) in [7, 11) is 0. The van der Waals surface area contributed by atoms with Gasteiger partial charge in [0.2, 0.25) is 0 Å². The SMILES string of the molecule is Cc1cc2c3c(c1)N(c1ccc4c(c1)C(C)(C)CCC4(C)C)c1c(oc4c1CC1(C)C(=C4)C(C)(C)CCC1(C)C)B3c1ccc(C(C)(C)C)cc1N2c1cc2c(cc1-c1ccccc1)C(C)(C)CCC2(C)C. The molecule has 12 rings (SSSR count). The van der Waals surface area contributed by atoms with E-state index in [1.54, 1.807) is 5.57 Å². The first-order valence-electron chi connectivity index (χ1n) is 27.7. The van der Waals surface area contributed by atoms with Crippen LogP contribution in [0.1, 0.15) is 194 Å². The van der Waals surface area contributed by atoms with Crippen molar-refractivity contribution < 1.29 is 4.42 Å². The van der Waals surface area contributed by atoms with Crippen molar-refractivity contribution in [2.45, 2.75) is 190 Å². The van der Waals surface area contributed by atoms with E-state index in [9.17, 15) is 0 Å². The molecule has 0 amide bonds. The Bertz CT molecular complexity index is 3310. The van der Waals surface area contributed by atoms with Gasteiger partial charge in [0.25, 0.3) is 6.71 Å². The molecule has 1 unspecified atom stereocenters. The molecule has 372 valence electrons. The van der Waals surface area contributed by atoms with Gasteiger partial charge in [0.05, 0.1) is 17.0 Å². The lowest BCUT2D eigenvalue weighted by molar-refractivity contribution is 0.0396. The molecule has 1 atom stereocenters. The fourth-order valence-corrected chi connectivity index (χ4v) is 15.0. The largest absolute Gasteiger partial charge is 0.468 e. The number of furan rings is 1. The predicted molar refractivity (Wildman–Crippen MR) is 309 cm³/mol. The van der Waals surface area contributed by atoms with Crippen LogP contribution in [0.5, 0.6) is 0 Å². The van der Waals surface area contributed by atoms with Crippen LogP contribution in [-0.4, -0.2) is 6.71 Å². The monoisotopic (exact) mass is 953 g/mol. The summed E-state index contributed by atoms with van der Waals surface area (Å²) in [5.41, 5.74) is 25.6. The molecule has 3 heterocycles. The van der Waals surface area contributed by atoms with Crippen molar-refractivity contribution in [2.24, 2.45) is 16.2 Å². The number of benzene rings is 5. The van der Waals surface area contributed by atoms with Crippen molar-refractivity contribution in [3.05, 3.63) is 141 Å². The zero-order chi connectivity index (χ0) is 51.2. The zero-order valence-corrected chi connectivity index (χ0v) is 47.1. The van der Waals surface area contributed by atoms with E-state index in [-0.39, 0.29) is 50.0 Å². The fourth-order valence-electron chi connectivity index (χ4n) is 15.0. The summed E-state index contributed by atoms with van der Waals surface area (Å²) in [4.78, 5) is 5.41. The molecular weight excluding hydrogens is 872 g/mol. The number of anilines is 6. The maximum atomic E-state index is 7.78. The molecule has 0 N–H and O–H groups in total. The molecule has 0 radical (unpaired) electrons. The second kappa shape index (κ2) is 15.0. The van der Waals surface area contributed by atoms with Gasteiger partial charge in [-0.2, -0.15) is 0 Å². The number of allylic oxidation sites excluding steroid dienone is 1. The Labute approximate surface area is 434 Å². The van der Waals surface area contributed by atoms with Gasteiger partial charge in [0, 0.05) is 33.9 Å². The maximum Gasteiger partial charge on any atom is 0.297 e. The van der Waals surface area contributed by atoms with Crippen LogP contribution in [0.15, 0.2) is 101 Å². The van der Waals surface area contributed by atoms with Gasteiger partial charge in [-0.25, -0.2) is 0 Å². The highest BCUT2D eigenvalue weighted by molar-refractivity contribution is 6.99. The molecule has 0 spiro atoms. The van der Waals surface area contributed by atoms with Crippen molar-refractivity contribution in [3.63, 3.8) is 0 Å². The third kappa shape index (κ3) is 6.74. The Morgan fingerprint density at radius 1 is 0.542 bits per heavy atom. The van der Waals surface area contributed by atoms with Crippen LogP contribution in [0.3, 0.4) is 0 Å². The number of aryl methyl sites for hydroxylation is 1. The average molecular weight is 953 g/mol. The highest BCUT2D eigenvalue weighted by Crippen LogP contribution is 2.65. The Morgan fingerprint density at radius 2 is 1.12 bits per heavy atom. The summed E-state index contributed by atoms with van der Waals surface area (Å²) < 4.78 is 7.78. The molecule has 5 aromatic carbocycles. The lowest BCUT2D eigenvalue weighted by Crippen LogP contribution is -2.61. The zero-order valence-electron chi connectivity index (χ0n) is 47.1. The van der Waals surface area contributed by atoms with Gasteiger partial charge in [-0.15, -0.1) is 0 Å². The quantitative estimate of drug-likeness (QED) is 0.165. The van der Waals surface area contributed by atoms with Gasteiger partial charge in [0.1, 0.15) is 5.76 Å². The van der Waals surface area contributed by atoms with Crippen molar-refractivity contribution >= 4 is 63.5 Å². The molecule has 1 fully saturated rings. The van der Waals surface area contributed by atoms with E-state index in [2.05, 4.69) is 225 Å². The average Bonchev–Trinajstić information content (AvgIpc) is 3.67. The fraction of sp³-hybridized carbons (Fsp3) is 0.471. The predicted octanol–water partition coefficient (Wildman–Crippen LogP) is 17.1. The van der Waals surface area contributed by atoms with Gasteiger partial charge in [0.15, 0.2) is 0 Å². The topological polar surface area (TPSA) is 19.6 Å². The van der Waals surface area contributed by atoms with Crippen LogP contribution in [0, 0.1) is 23.2 Å². The molecule has 0 saturated heterocycles. The third-order valence-electron chi connectivity index (χ3n) is 20.4. The molecule has 0 bridgehead atoms. The summed E-state index contributed by atoms with van der Waals surface area (Å²) in [6.45, 7) is 41.7. The van der Waals surface area contributed by atoms with E-state index in [1.165, 1.54) is 127 Å². The summed E-state index contributed by atoms with van der Waals surface area (Å²) in [6.07, 6.45) is 10.6. The van der Waals surface area contributed by atoms with Crippen molar-refractivity contribution in [1.82, 2.24) is 0 Å². The minimum absolute atomic E-state index is 0.0223. The van der Waals surface area contributed by atoms with Gasteiger partial charge >= 0.3 is 0 Å². The van der Waals surface area contributed by atoms with Gasteiger partial charge < -0.3 is 14.2 Å². The van der Waals surface area contributed by atoms with Crippen LogP contribution in [0.25, 0.3) is 17.2 Å². The third-order valence-corrected chi connectivity index (χ3v) is 20.4. The number of fused-ring (bicyclic) bond motifs is 9. The van der Waals surface area contributed by atoms with E-state index < -0.39 is 0 Å². The lowest BCUT2D eigenvalue weighted by atomic mass is 9.35. The van der Waals surface area contributed by atoms with Crippen LogP contribution in [0.4, 0.5) is 34.1 Å². The molecule has 6 aliphatic rings. The number of rotatable bonds is 3. The van der Waals surface area contributed by atoms with Gasteiger partial charge in [-0.1, -0.05) is 165 Å². The highest BCUT2D eigenvalue weighted by atomic mass is 16.3. The molecule has 6 aromatic rings. The molecule has 1 saturated carbocycles. The lowest BCUT2D eigenvalue weighted by Gasteiger charge is -2.57. The summed E-state index contributed by atoms with van der Waals surface area (Å²) in [5, 5.41) is 0. The van der Waals surface area contributed by atoms with E-state index in [4.69, 9.17) is 4.42 Å². The normalized spacial score (nSPS) is 23.1. The molecule has 72 heavy (non-hydrogen) atoms. The molecule has 3 nitrogen and oxygen atoms in total. The second-order valence-corrected chi connectivity index (χ2v) is 28.9. The maximum absolute atomic E-state index is 7.78. The van der Waals surface area contributed by atoms with Crippen molar-refractivity contribution in [1.29, 1.82) is 0 Å². The van der Waals surface area contributed by atoms with Crippen LogP contribution >= 0.6 is 0 Å². The Hall–Kier alpha value is -5.22. The highest BCUT2D eigenvalue weighted by Gasteiger charge is 2.57. The molecule has 1 aromatic heterocycles. The first kappa shape index (κ1) is 47.8. The molecular formula is C68H81BN2O. The standard InChI is InChI=1S/C68H81BN2O/c1-41-33-54-58-55(34-41)71(52-38-50-49(64(9,10)29-30-65(50,11)12)37-45(52)42-21-19-18-20-22-42)53-35-43(61(2,3)4)23-26-51(53)69(58)60-59(70(54)44-24-25-47-48(36-44)63(7,8)28-27-62(47,5)6)46-40-68(17)57(39-56(46)72-60)66(13,14)31-32-67(68,15)16/h18-26,33-39H,27-32,40H2,1-17H3. The van der Waals surface area contributed by atoms with E-state index in [0.29, 0.717) is 0 Å². The van der Waals surface area contributed by atoms with Crippen LogP contribution in [-0.2, 0) is 33.5 Å². The van der Waals surface area contributed by atoms with Gasteiger partial charge in [-0.05, 0) is 194 Å². The summed E-state index contributed by atoms with van der Waals surface area (Å²) >= 11 is 0.